The van der Waals surface area contributed by atoms with Crippen molar-refractivity contribution in [3.05, 3.63) is 70.3 Å². The summed E-state index contributed by atoms with van der Waals surface area (Å²) in [5.74, 6) is -1.49. The van der Waals surface area contributed by atoms with Gasteiger partial charge in [0.05, 0.1) is 0 Å². The highest BCUT2D eigenvalue weighted by Crippen LogP contribution is 2.25. The molecule has 0 unspecified atom stereocenters. The quantitative estimate of drug-likeness (QED) is 0.576. The number of carboxylic acids is 1. The summed E-state index contributed by atoms with van der Waals surface area (Å²) in [5.41, 5.74) is 1.08. The van der Waals surface area contributed by atoms with Crippen LogP contribution in [0.15, 0.2) is 54.1 Å². The number of halogens is 1. The lowest BCUT2D eigenvalue weighted by molar-refractivity contribution is -0.139. The lowest BCUT2D eigenvalue weighted by atomic mass is 10.1. The molecule has 0 aliphatic rings. The Hall–Kier alpha value is -3.30. The molecule has 0 spiro atoms. The van der Waals surface area contributed by atoms with Crippen LogP contribution in [0.5, 0.6) is 5.75 Å². The number of amides is 1. The first-order chi connectivity index (χ1) is 12.5. The van der Waals surface area contributed by atoms with Crippen LogP contribution in [0.1, 0.15) is 11.1 Å². The third kappa shape index (κ3) is 5.65. The normalized spacial score (nSPS) is 10.7. The van der Waals surface area contributed by atoms with E-state index in [2.05, 4.69) is 5.32 Å². The Kier molecular flexibility index (Phi) is 6.77. The Balaban J connectivity index is 2.19. The fourth-order valence-electron chi connectivity index (χ4n) is 2.08. The van der Waals surface area contributed by atoms with E-state index in [1.54, 1.807) is 0 Å². The zero-order valence-electron chi connectivity index (χ0n) is 13.6. The molecule has 7 heteroatoms. The number of rotatable bonds is 7. The van der Waals surface area contributed by atoms with Crippen LogP contribution in [0.25, 0.3) is 6.08 Å². The van der Waals surface area contributed by atoms with Crippen LogP contribution >= 0.6 is 11.6 Å². The second-order valence-electron chi connectivity index (χ2n) is 5.20. The Bertz CT molecular complexity index is 873. The summed E-state index contributed by atoms with van der Waals surface area (Å²) in [4.78, 5) is 22.9. The number of hydrogen-bond acceptors (Lipinski definition) is 4. The molecule has 132 valence electrons. The van der Waals surface area contributed by atoms with Crippen molar-refractivity contribution in [2.45, 2.75) is 6.54 Å². The molecule has 0 atom stereocenters. The van der Waals surface area contributed by atoms with E-state index in [4.69, 9.17) is 21.4 Å². The number of benzene rings is 2. The largest absolute Gasteiger partial charge is 0.481 e. The number of aliphatic carboxylic acids is 1. The third-order valence-electron chi connectivity index (χ3n) is 3.28. The van der Waals surface area contributed by atoms with Crippen molar-refractivity contribution in [1.29, 1.82) is 5.26 Å². The maximum atomic E-state index is 12.2. The van der Waals surface area contributed by atoms with Gasteiger partial charge in [-0.3, -0.25) is 4.79 Å². The van der Waals surface area contributed by atoms with Gasteiger partial charge in [0, 0.05) is 17.1 Å². The molecule has 0 fully saturated rings. The molecule has 0 bridgehead atoms. The molecule has 0 heterocycles. The molecule has 2 aromatic carbocycles. The Labute approximate surface area is 155 Å². The van der Waals surface area contributed by atoms with Gasteiger partial charge < -0.3 is 15.2 Å². The highest BCUT2D eigenvalue weighted by Gasteiger charge is 2.12. The zero-order valence-corrected chi connectivity index (χ0v) is 14.4. The van der Waals surface area contributed by atoms with Gasteiger partial charge in [-0.1, -0.05) is 41.9 Å². The van der Waals surface area contributed by atoms with Gasteiger partial charge in [-0.05, 0) is 29.8 Å². The Morgan fingerprint density at radius 2 is 1.96 bits per heavy atom. The lowest BCUT2D eigenvalue weighted by Crippen LogP contribution is -2.23. The van der Waals surface area contributed by atoms with Crippen LogP contribution in [0.2, 0.25) is 5.02 Å². The van der Waals surface area contributed by atoms with E-state index in [0.717, 1.165) is 5.56 Å². The minimum Gasteiger partial charge on any atom is -0.481 e. The molecule has 0 saturated carbocycles. The second kappa shape index (κ2) is 9.25. The molecule has 26 heavy (non-hydrogen) atoms. The highest BCUT2D eigenvalue weighted by atomic mass is 35.5. The summed E-state index contributed by atoms with van der Waals surface area (Å²) in [7, 11) is 0. The summed E-state index contributed by atoms with van der Waals surface area (Å²) < 4.78 is 5.16. The van der Waals surface area contributed by atoms with E-state index in [1.165, 1.54) is 24.3 Å². The summed E-state index contributed by atoms with van der Waals surface area (Å²) in [5, 5.41) is 21.0. The number of nitrogens with one attached hydrogen (secondary N) is 1. The first kappa shape index (κ1) is 19.0. The van der Waals surface area contributed by atoms with Crippen LogP contribution in [0, 0.1) is 11.3 Å². The van der Waals surface area contributed by atoms with E-state index in [0.29, 0.717) is 10.6 Å². The van der Waals surface area contributed by atoms with Gasteiger partial charge in [0.1, 0.15) is 17.4 Å². The first-order valence-corrected chi connectivity index (χ1v) is 7.95. The molecular weight excluding hydrogens is 356 g/mol. The zero-order chi connectivity index (χ0) is 18.9. The number of carbonyl (C=O) groups is 2. The maximum Gasteiger partial charge on any atom is 0.341 e. The van der Waals surface area contributed by atoms with Gasteiger partial charge in [0.15, 0.2) is 6.61 Å². The molecule has 2 aromatic rings. The number of carbonyl (C=O) groups excluding carboxylic acids is 1. The molecular formula is C19H15ClN2O4. The average Bonchev–Trinajstić information content (AvgIpc) is 2.64. The average molecular weight is 371 g/mol. The van der Waals surface area contributed by atoms with Gasteiger partial charge in [0.2, 0.25) is 0 Å². The van der Waals surface area contributed by atoms with Crippen molar-refractivity contribution in [2.24, 2.45) is 0 Å². The number of carboxylic acid groups (broad SMARTS) is 1. The predicted octanol–water partition coefficient (Wildman–Crippen LogP) is 3.03. The molecule has 2 rings (SSSR count). The SMILES string of the molecule is N#C/C(=C\c1cc(Cl)ccc1OCC(=O)O)C(=O)NCc1ccccc1. The van der Waals surface area contributed by atoms with E-state index < -0.39 is 18.5 Å². The van der Waals surface area contributed by atoms with E-state index in [1.807, 2.05) is 36.4 Å². The number of nitrogens with zero attached hydrogens (tertiary/aromatic N) is 1. The van der Waals surface area contributed by atoms with Crippen LogP contribution in [-0.2, 0) is 16.1 Å². The first-order valence-electron chi connectivity index (χ1n) is 7.57. The predicted molar refractivity (Wildman–Crippen MR) is 96.5 cm³/mol. The topological polar surface area (TPSA) is 99.4 Å². The van der Waals surface area contributed by atoms with Crippen LogP contribution in [-0.4, -0.2) is 23.6 Å². The van der Waals surface area contributed by atoms with Gasteiger partial charge in [-0.15, -0.1) is 0 Å². The van der Waals surface area contributed by atoms with E-state index >= 15 is 0 Å². The molecule has 0 aromatic heterocycles. The monoisotopic (exact) mass is 370 g/mol. The van der Waals surface area contributed by atoms with Crippen LogP contribution in [0.4, 0.5) is 0 Å². The number of hydrogen-bond donors (Lipinski definition) is 2. The van der Waals surface area contributed by atoms with Crippen molar-refractivity contribution in [1.82, 2.24) is 5.32 Å². The summed E-state index contributed by atoms with van der Waals surface area (Å²) >= 11 is 5.94. The molecule has 0 aliphatic heterocycles. The smallest absolute Gasteiger partial charge is 0.341 e. The van der Waals surface area contributed by atoms with Crippen molar-refractivity contribution < 1.29 is 19.4 Å². The summed E-state index contributed by atoms with van der Waals surface area (Å²) in [6.45, 7) is -0.277. The van der Waals surface area contributed by atoms with Gasteiger partial charge in [-0.2, -0.15) is 5.26 Å². The van der Waals surface area contributed by atoms with Gasteiger partial charge in [0.25, 0.3) is 5.91 Å². The lowest BCUT2D eigenvalue weighted by Gasteiger charge is -2.09. The number of ether oxygens (including phenoxy) is 1. The summed E-state index contributed by atoms with van der Waals surface area (Å²) in [6, 6.07) is 15.6. The Morgan fingerprint density at radius 3 is 2.62 bits per heavy atom. The molecule has 0 aliphatic carbocycles. The molecule has 2 N–H and O–H groups in total. The van der Waals surface area contributed by atoms with Crippen molar-refractivity contribution >= 4 is 29.6 Å². The fourth-order valence-corrected chi connectivity index (χ4v) is 2.26. The standard InChI is InChI=1S/C19H15ClN2O4/c20-16-6-7-17(26-12-18(23)24)14(9-16)8-15(10-21)19(25)22-11-13-4-2-1-3-5-13/h1-9H,11-12H2,(H,22,25)(H,23,24)/b15-8+. The molecule has 6 nitrogen and oxygen atoms in total. The third-order valence-corrected chi connectivity index (χ3v) is 3.52. The second-order valence-corrected chi connectivity index (χ2v) is 5.64. The number of nitriles is 1. The van der Waals surface area contributed by atoms with Crippen LogP contribution in [0.3, 0.4) is 0 Å². The summed E-state index contributed by atoms with van der Waals surface area (Å²) in [6.07, 6.45) is 1.31. The van der Waals surface area contributed by atoms with Crippen molar-refractivity contribution in [3.63, 3.8) is 0 Å². The minimum absolute atomic E-state index is 0.150. The molecule has 1 amide bonds. The van der Waals surface area contributed by atoms with E-state index in [9.17, 15) is 14.9 Å². The Morgan fingerprint density at radius 1 is 1.23 bits per heavy atom. The van der Waals surface area contributed by atoms with Crippen LogP contribution < -0.4 is 10.1 Å². The van der Waals surface area contributed by atoms with E-state index in [-0.39, 0.29) is 17.9 Å². The van der Waals surface area contributed by atoms with Gasteiger partial charge in [-0.25, -0.2) is 4.79 Å². The molecule has 0 radical (unpaired) electrons. The minimum atomic E-state index is -1.14. The van der Waals surface area contributed by atoms with Crippen molar-refractivity contribution in [2.75, 3.05) is 6.61 Å². The highest BCUT2D eigenvalue weighted by molar-refractivity contribution is 6.30. The van der Waals surface area contributed by atoms with Crippen molar-refractivity contribution in [3.8, 4) is 11.8 Å². The molecule has 0 saturated heterocycles. The maximum absolute atomic E-state index is 12.2. The fraction of sp³-hybridized carbons (Fsp3) is 0.105. The van der Waals surface area contributed by atoms with Gasteiger partial charge >= 0.3 is 5.97 Å².